The summed E-state index contributed by atoms with van der Waals surface area (Å²) >= 11 is 0. The number of nitrogens with one attached hydrogen (secondary N) is 1. The molecule has 1 rings (SSSR count). The molecule has 0 bridgehead atoms. The van der Waals surface area contributed by atoms with Gasteiger partial charge in [-0.2, -0.15) is 5.26 Å². The van der Waals surface area contributed by atoms with Gasteiger partial charge in [0, 0.05) is 12.1 Å². The molecule has 0 saturated carbocycles. The lowest BCUT2D eigenvalue weighted by molar-refractivity contribution is -0.140. The lowest BCUT2D eigenvalue weighted by Gasteiger charge is -2.04. The normalized spacial score (nSPS) is 9.18. The molecule has 0 radical (unpaired) electrons. The van der Waals surface area contributed by atoms with Gasteiger partial charge in [0.1, 0.15) is 0 Å². The number of esters is 1. The molecule has 1 aromatic carbocycles. The molecule has 0 atom stereocenters. The molecule has 0 aliphatic heterocycles. The van der Waals surface area contributed by atoms with Crippen molar-refractivity contribution in [2.45, 2.75) is 6.42 Å². The van der Waals surface area contributed by atoms with Crippen LogP contribution in [0.15, 0.2) is 24.3 Å². The van der Waals surface area contributed by atoms with Crippen molar-refractivity contribution >= 4 is 11.9 Å². The van der Waals surface area contributed by atoms with Crippen LogP contribution in [-0.4, -0.2) is 25.5 Å². The number of methoxy groups -OCH3 is 1. The van der Waals surface area contributed by atoms with Crippen molar-refractivity contribution in [3.05, 3.63) is 35.4 Å². The molecule has 0 aliphatic rings. The molecular formula is C12H12N2O3. The smallest absolute Gasteiger partial charge is 0.307 e. The van der Waals surface area contributed by atoms with E-state index in [1.807, 2.05) is 6.07 Å². The molecule has 88 valence electrons. The Hall–Kier alpha value is -2.35. The van der Waals surface area contributed by atoms with E-state index < -0.39 is 0 Å². The SMILES string of the molecule is COC(=O)CCNC(=O)c1ccc(C#N)cc1. The van der Waals surface area contributed by atoms with Crippen LogP contribution in [0.1, 0.15) is 22.3 Å². The topological polar surface area (TPSA) is 79.2 Å². The Bertz CT molecular complexity index is 446. The average molecular weight is 232 g/mol. The fraction of sp³-hybridized carbons (Fsp3) is 0.250. The van der Waals surface area contributed by atoms with Crippen molar-refractivity contribution in [2.75, 3.05) is 13.7 Å². The van der Waals surface area contributed by atoms with Crippen molar-refractivity contribution in [3.8, 4) is 6.07 Å². The van der Waals surface area contributed by atoms with Crippen LogP contribution in [0.3, 0.4) is 0 Å². The molecule has 0 aromatic heterocycles. The zero-order valence-electron chi connectivity index (χ0n) is 9.40. The molecule has 0 unspecified atom stereocenters. The molecule has 1 amide bonds. The van der Waals surface area contributed by atoms with E-state index in [2.05, 4.69) is 10.1 Å². The first-order valence-electron chi connectivity index (χ1n) is 5.02. The fourth-order valence-electron chi connectivity index (χ4n) is 1.18. The maximum absolute atomic E-state index is 11.6. The number of ether oxygens (including phenoxy) is 1. The minimum Gasteiger partial charge on any atom is -0.469 e. The third-order valence-corrected chi connectivity index (χ3v) is 2.12. The standard InChI is InChI=1S/C12H12N2O3/c1-17-11(15)6-7-14-12(16)10-4-2-9(8-13)3-5-10/h2-5H,6-7H2,1H3,(H,14,16). The van der Waals surface area contributed by atoms with Crippen molar-refractivity contribution < 1.29 is 14.3 Å². The van der Waals surface area contributed by atoms with Crippen LogP contribution in [0.25, 0.3) is 0 Å². The highest BCUT2D eigenvalue weighted by molar-refractivity contribution is 5.94. The highest BCUT2D eigenvalue weighted by Crippen LogP contribution is 2.02. The van der Waals surface area contributed by atoms with Crippen LogP contribution < -0.4 is 5.32 Å². The van der Waals surface area contributed by atoms with Gasteiger partial charge in [0.05, 0.1) is 25.2 Å². The summed E-state index contributed by atoms with van der Waals surface area (Å²) in [5.74, 6) is -0.650. The lowest BCUT2D eigenvalue weighted by atomic mass is 10.1. The summed E-state index contributed by atoms with van der Waals surface area (Å²) < 4.78 is 4.44. The summed E-state index contributed by atoms with van der Waals surface area (Å²) in [5.41, 5.74) is 0.949. The Morgan fingerprint density at radius 1 is 1.35 bits per heavy atom. The zero-order valence-corrected chi connectivity index (χ0v) is 9.40. The van der Waals surface area contributed by atoms with E-state index in [9.17, 15) is 9.59 Å². The van der Waals surface area contributed by atoms with E-state index in [1.54, 1.807) is 24.3 Å². The molecule has 17 heavy (non-hydrogen) atoms. The first-order chi connectivity index (χ1) is 8.17. The van der Waals surface area contributed by atoms with Gasteiger partial charge in [0.25, 0.3) is 5.91 Å². The Morgan fingerprint density at radius 2 is 2.00 bits per heavy atom. The number of amides is 1. The van der Waals surface area contributed by atoms with E-state index in [4.69, 9.17) is 5.26 Å². The highest BCUT2D eigenvalue weighted by Gasteiger charge is 2.06. The van der Waals surface area contributed by atoms with Gasteiger partial charge in [-0.05, 0) is 24.3 Å². The molecule has 0 saturated heterocycles. The average Bonchev–Trinajstić information content (AvgIpc) is 2.38. The van der Waals surface area contributed by atoms with Crippen molar-refractivity contribution in [1.82, 2.24) is 5.32 Å². The van der Waals surface area contributed by atoms with Gasteiger partial charge >= 0.3 is 5.97 Å². The summed E-state index contributed by atoms with van der Waals surface area (Å²) in [6.07, 6.45) is 0.137. The minimum atomic E-state index is -0.370. The quantitative estimate of drug-likeness (QED) is 0.780. The third kappa shape index (κ3) is 3.95. The second kappa shape index (κ2) is 6.28. The first kappa shape index (κ1) is 12.7. The van der Waals surface area contributed by atoms with Crippen LogP contribution >= 0.6 is 0 Å². The Balaban J connectivity index is 2.47. The van der Waals surface area contributed by atoms with Crippen LogP contribution in [0, 0.1) is 11.3 Å². The van der Waals surface area contributed by atoms with Gasteiger partial charge in [-0.25, -0.2) is 0 Å². The number of hydrogen-bond donors (Lipinski definition) is 1. The van der Waals surface area contributed by atoms with Gasteiger partial charge in [0.2, 0.25) is 0 Å². The summed E-state index contributed by atoms with van der Waals surface area (Å²) in [6, 6.07) is 8.22. The summed E-state index contributed by atoms with van der Waals surface area (Å²) in [7, 11) is 1.30. The van der Waals surface area contributed by atoms with E-state index in [-0.39, 0.29) is 24.8 Å². The number of nitrogens with zero attached hydrogens (tertiary/aromatic N) is 1. The van der Waals surface area contributed by atoms with Gasteiger partial charge in [-0.15, -0.1) is 0 Å². The van der Waals surface area contributed by atoms with Crippen molar-refractivity contribution in [1.29, 1.82) is 5.26 Å². The second-order valence-corrected chi connectivity index (χ2v) is 3.27. The van der Waals surface area contributed by atoms with Crippen LogP contribution in [-0.2, 0) is 9.53 Å². The fourth-order valence-corrected chi connectivity index (χ4v) is 1.18. The largest absolute Gasteiger partial charge is 0.469 e. The highest BCUT2D eigenvalue weighted by atomic mass is 16.5. The second-order valence-electron chi connectivity index (χ2n) is 3.27. The van der Waals surface area contributed by atoms with Gasteiger partial charge in [0.15, 0.2) is 0 Å². The van der Waals surface area contributed by atoms with E-state index >= 15 is 0 Å². The Labute approximate surface area is 99.0 Å². The summed E-state index contributed by atoms with van der Waals surface area (Å²) in [4.78, 5) is 22.4. The predicted molar refractivity (Wildman–Crippen MR) is 60.1 cm³/mol. The van der Waals surface area contributed by atoms with Crippen molar-refractivity contribution in [2.24, 2.45) is 0 Å². The monoisotopic (exact) mass is 232 g/mol. The number of carbonyl (C=O) groups is 2. The van der Waals surface area contributed by atoms with Gasteiger partial charge in [-0.3, -0.25) is 9.59 Å². The first-order valence-corrected chi connectivity index (χ1v) is 5.02. The number of carbonyl (C=O) groups excluding carboxylic acids is 2. The number of benzene rings is 1. The summed E-state index contributed by atoms with van der Waals surface area (Å²) in [5, 5.41) is 11.2. The number of hydrogen-bond acceptors (Lipinski definition) is 4. The van der Waals surface area contributed by atoms with Gasteiger partial charge < -0.3 is 10.1 Å². The number of nitriles is 1. The number of rotatable bonds is 4. The minimum absolute atomic E-state index is 0.137. The molecular weight excluding hydrogens is 220 g/mol. The van der Waals surface area contributed by atoms with Crippen molar-refractivity contribution in [3.63, 3.8) is 0 Å². The maximum atomic E-state index is 11.6. The van der Waals surface area contributed by atoms with Crippen LogP contribution in [0.4, 0.5) is 0 Å². The van der Waals surface area contributed by atoms with E-state index in [0.29, 0.717) is 11.1 Å². The van der Waals surface area contributed by atoms with E-state index in [0.717, 1.165) is 0 Å². The lowest BCUT2D eigenvalue weighted by Crippen LogP contribution is -2.26. The van der Waals surface area contributed by atoms with E-state index in [1.165, 1.54) is 7.11 Å². The Kier molecular flexibility index (Phi) is 4.70. The van der Waals surface area contributed by atoms with Crippen LogP contribution in [0.5, 0.6) is 0 Å². The molecule has 5 nitrogen and oxygen atoms in total. The zero-order chi connectivity index (χ0) is 12.7. The maximum Gasteiger partial charge on any atom is 0.307 e. The molecule has 0 fully saturated rings. The molecule has 0 spiro atoms. The molecule has 5 heteroatoms. The predicted octanol–water partition coefficient (Wildman–Crippen LogP) is 0.851. The summed E-state index contributed by atoms with van der Waals surface area (Å²) in [6.45, 7) is 0.228. The van der Waals surface area contributed by atoms with Gasteiger partial charge in [-0.1, -0.05) is 0 Å². The Morgan fingerprint density at radius 3 is 2.53 bits per heavy atom. The third-order valence-electron chi connectivity index (χ3n) is 2.12. The molecule has 1 N–H and O–H groups in total. The molecule has 0 aliphatic carbocycles. The molecule has 1 aromatic rings. The molecule has 0 heterocycles. The van der Waals surface area contributed by atoms with Crippen LogP contribution in [0.2, 0.25) is 0 Å².